The van der Waals surface area contributed by atoms with Crippen molar-refractivity contribution in [2.45, 2.75) is 13.2 Å². The fraction of sp³-hybridized carbons (Fsp3) is 0.364. The van der Waals surface area contributed by atoms with Gasteiger partial charge in [-0.1, -0.05) is 0 Å². The molecule has 2 amide bonds. The number of nitrogens with one attached hydrogen (secondary N) is 2. The second kappa shape index (κ2) is 6.85. The van der Waals surface area contributed by atoms with E-state index in [4.69, 9.17) is 21.4 Å². The van der Waals surface area contributed by atoms with Gasteiger partial charge in [0, 0.05) is 12.4 Å². The summed E-state index contributed by atoms with van der Waals surface area (Å²) in [5.41, 5.74) is 0. The average molecular weight is 259 g/mol. The summed E-state index contributed by atoms with van der Waals surface area (Å²) in [6, 6.07) is 5.91. The Balaban J connectivity index is 2.36. The van der Waals surface area contributed by atoms with Gasteiger partial charge in [-0.05, 0) is 31.2 Å². The first-order valence-corrected chi connectivity index (χ1v) is 5.71. The summed E-state index contributed by atoms with van der Waals surface area (Å²) >= 11 is 5.43. The number of benzene rings is 1. The van der Waals surface area contributed by atoms with Gasteiger partial charge in [0.25, 0.3) is 0 Å². The minimum absolute atomic E-state index is 0.165. The van der Waals surface area contributed by atoms with Gasteiger partial charge in [-0.2, -0.15) is 0 Å². The van der Waals surface area contributed by atoms with E-state index in [-0.39, 0.29) is 11.8 Å². The van der Waals surface area contributed by atoms with Gasteiger partial charge < -0.3 is 20.5 Å². The summed E-state index contributed by atoms with van der Waals surface area (Å²) in [6.45, 7) is 2.10. The van der Waals surface area contributed by atoms with Crippen LogP contribution in [0.5, 0.6) is 11.5 Å². The third-order valence-corrected chi connectivity index (χ3v) is 2.05. The van der Waals surface area contributed by atoms with Gasteiger partial charge in [-0.25, -0.2) is 4.79 Å². The first-order valence-electron chi connectivity index (χ1n) is 5.18. The molecule has 0 aliphatic rings. The van der Waals surface area contributed by atoms with Gasteiger partial charge in [-0.15, -0.1) is 11.6 Å². The summed E-state index contributed by atoms with van der Waals surface area (Å²) in [5.74, 6) is 1.09. The van der Waals surface area contributed by atoms with Crippen LogP contribution in [0.15, 0.2) is 24.3 Å². The van der Waals surface area contributed by atoms with Crippen molar-refractivity contribution >= 4 is 17.6 Å². The van der Waals surface area contributed by atoms with Gasteiger partial charge in [-0.3, -0.25) is 0 Å². The number of halogens is 1. The number of urea groups is 1. The molecule has 0 aliphatic carbocycles. The number of aromatic hydroxyl groups is 1. The molecule has 1 unspecified atom stereocenters. The minimum atomic E-state index is -0.477. The van der Waals surface area contributed by atoms with Gasteiger partial charge in [0.2, 0.25) is 0 Å². The van der Waals surface area contributed by atoms with Crippen molar-refractivity contribution < 1.29 is 14.6 Å². The Morgan fingerprint density at radius 2 is 2.12 bits per heavy atom. The number of carbonyl (C=O) groups is 1. The van der Waals surface area contributed by atoms with Crippen LogP contribution in [0.25, 0.3) is 0 Å². The predicted molar refractivity (Wildman–Crippen MR) is 65.5 cm³/mol. The van der Waals surface area contributed by atoms with E-state index in [1.54, 1.807) is 19.1 Å². The largest absolute Gasteiger partial charge is 0.508 e. The molecule has 0 aromatic heterocycles. The lowest BCUT2D eigenvalue weighted by atomic mass is 10.3. The number of carbonyl (C=O) groups excluding carboxylic acids is 1. The zero-order valence-corrected chi connectivity index (χ0v) is 10.2. The number of alkyl halides is 1. The number of hydrogen-bond acceptors (Lipinski definition) is 3. The summed E-state index contributed by atoms with van der Waals surface area (Å²) in [4.78, 5) is 11.3. The number of ether oxygens (including phenoxy) is 1. The second-order valence-corrected chi connectivity index (χ2v) is 3.72. The van der Waals surface area contributed by atoms with Gasteiger partial charge >= 0.3 is 6.03 Å². The first kappa shape index (κ1) is 13.4. The third-order valence-electron chi connectivity index (χ3n) is 1.86. The highest BCUT2D eigenvalue weighted by molar-refractivity contribution is 6.18. The summed E-state index contributed by atoms with van der Waals surface area (Å²) < 4.78 is 5.40. The summed E-state index contributed by atoms with van der Waals surface area (Å²) in [6.07, 6.45) is -0.477. The maximum atomic E-state index is 11.3. The van der Waals surface area contributed by atoms with Crippen LogP contribution in [0.1, 0.15) is 6.92 Å². The Bertz CT molecular complexity index is 356. The molecule has 0 heterocycles. The van der Waals surface area contributed by atoms with E-state index in [1.165, 1.54) is 12.1 Å². The Labute approximate surface area is 105 Å². The number of hydrogen-bond donors (Lipinski definition) is 3. The molecule has 1 rings (SSSR count). The molecule has 17 heavy (non-hydrogen) atoms. The molecule has 3 N–H and O–H groups in total. The maximum Gasteiger partial charge on any atom is 0.317 e. The van der Waals surface area contributed by atoms with E-state index in [9.17, 15) is 4.79 Å². The average Bonchev–Trinajstić information content (AvgIpc) is 2.29. The van der Waals surface area contributed by atoms with Crippen LogP contribution in [0.4, 0.5) is 4.79 Å². The number of phenols is 1. The Kier molecular flexibility index (Phi) is 5.42. The lowest BCUT2D eigenvalue weighted by molar-refractivity contribution is 0.177. The van der Waals surface area contributed by atoms with Crippen molar-refractivity contribution in [2.75, 3.05) is 12.4 Å². The standard InChI is InChI=1S/C11H15ClN2O3/c1-8(14-11(16)13-7-6-12)17-10-4-2-9(15)3-5-10/h2-5,8,15H,6-7H2,1H3,(H2,13,14,16). The lowest BCUT2D eigenvalue weighted by Crippen LogP contribution is -2.43. The molecule has 0 spiro atoms. The van der Waals surface area contributed by atoms with Crippen LogP contribution in [-0.2, 0) is 0 Å². The van der Waals surface area contributed by atoms with E-state index in [1.807, 2.05) is 0 Å². The summed E-state index contributed by atoms with van der Waals surface area (Å²) in [7, 11) is 0. The number of rotatable bonds is 5. The Morgan fingerprint density at radius 1 is 1.47 bits per heavy atom. The predicted octanol–water partition coefficient (Wildman–Crippen LogP) is 1.65. The van der Waals surface area contributed by atoms with Crippen LogP contribution < -0.4 is 15.4 Å². The summed E-state index contributed by atoms with van der Waals surface area (Å²) in [5, 5.41) is 14.2. The van der Waals surface area contributed by atoms with Gasteiger partial charge in [0.15, 0.2) is 6.23 Å². The molecule has 1 atom stereocenters. The minimum Gasteiger partial charge on any atom is -0.508 e. The highest BCUT2D eigenvalue weighted by atomic mass is 35.5. The second-order valence-electron chi connectivity index (χ2n) is 3.34. The van der Waals surface area contributed by atoms with Crippen molar-refractivity contribution in [1.82, 2.24) is 10.6 Å². The molecule has 94 valence electrons. The zero-order valence-electron chi connectivity index (χ0n) is 9.44. The molecule has 1 aromatic carbocycles. The third kappa shape index (κ3) is 5.31. The van der Waals surface area contributed by atoms with E-state index >= 15 is 0 Å². The monoisotopic (exact) mass is 258 g/mol. The Hall–Kier alpha value is -1.62. The Morgan fingerprint density at radius 3 is 2.71 bits per heavy atom. The highest BCUT2D eigenvalue weighted by Crippen LogP contribution is 2.16. The SMILES string of the molecule is CC(NC(=O)NCCCl)Oc1ccc(O)cc1. The molecule has 5 nitrogen and oxygen atoms in total. The zero-order chi connectivity index (χ0) is 12.7. The van der Waals surface area contributed by atoms with Crippen LogP contribution in [0.2, 0.25) is 0 Å². The van der Waals surface area contributed by atoms with E-state index in [0.717, 1.165) is 0 Å². The smallest absolute Gasteiger partial charge is 0.317 e. The molecular weight excluding hydrogens is 244 g/mol. The quantitative estimate of drug-likeness (QED) is 0.556. The lowest BCUT2D eigenvalue weighted by Gasteiger charge is -2.16. The molecule has 0 saturated heterocycles. The van der Waals surface area contributed by atoms with Crippen LogP contribution in [0.3, 0.4) is 0 Å². The maximum absolute atomic E-state index is 11.3. The van der Waals surface area contributed by atoms with Crippen molar-refractivity contribution in [3.63, 3.8) is 0 Å². The molecule has 0 aliphatic heterocycles. The van der Waals surface area contributed by atoms with Crippen molar-refractivity contribution in [3.05, 3.63) is 24.3 Å². The molecule has 0 fully saturated rings. The van der Waals surface area contributed by atoms with Gasteiger partial charge in [0.05, 0.1) is 0 Å². The van der Waals surface area contributed by atoms with Crippen LogP contribution in [0, 0.1) is 0 Å². The fourth-order valence-corrected chi connectivity index (χ4v) is 1.25. The number of phenolic OH excluding ortho intramolecular Hbond substituents is 1. The van der Waals surface area contributed by atoms with Crippen LogP contribution in [-0.4, -0.2) is 29.8 Å². The van der Waals surface area contributed by atoms with E-state index in [0.29, 0.717) is 18.2 Å². The molecule has 6 heteroatoms. The van der Waals surface area contributed by atoms with Crippen molar-refractivity contribution in [3.8, 4) is 11.5 Å². The molecule has 0 bridgehead atoms. The highest BCUT2D eigenvalue weighted by Gasteiger charge is 2.07. The topological polar surface area (TPSA) is 70.6 Å². The molecule has 0 saturated carbocycles. The van der Waals surface area contributed by atoms with Crippen molar-refractivity contribution in [1.29, 1.82) is 0 Å². The van der Waals surface area contributed by atoms with Gasteiger partial charge in [0.1, 0.15) is 11.5 Å². The van der Waals surface area contributed by atoms with Crippen molar-refractivity contribution in [2.24, 2.45) is 0 Å². The molecule has 0 radical (unpaired) electrons. The first-order chi connectivity index (χ1) is 8.11. The fourth-order valence-electron chi connectivity index (χ4n) is 1.15. The number of amides is 2. The molecular formula is C11H15ClN2O3. The van der Waals surface area contributed by atoms with E-state index < -0.39 is 6.23 Å². The normalized spacial score (nSPS) is 11.6. The molecule has 1 aromatic rings. The van der Waals surface area contributed by atoms with Crippen LogP contribution >= 0.6 is 11.6 Å². The van der Waals surface area contributed by atoms with E-state index in [2.05, 4.69) is 10.6 Å².